The van der Waals surface area contributed by atoms with Crippen LogP contribution in [0.5, 0.6) is 0 Å². The largest absolute Gasteiger partial charge is 0.378 e. The number of urea groups is 1. The van der Waals surface area contributed by atoms with Crippen LogP contribution in [0.15, 0.2) is 72.8 Å². The number of hydrogen-bond donors (Lipinski definition) is 3. The number of anilines is 4. The van der Waals surface area contributed by atoms with Crippen LogP contribution < -0.4 is 26.4 Å². The van der Waals surface area contributed by atoms with Gasteiger partial charge in [-0.25, -0.2) is 10.2 Å². The zero-order valence-electron chi connectivity index (χ0n) is 18.3. The summed E-state index contributed by atoms with van der Waals surface area (Å²) in [5.74, 6) is 0. The topological polar surface area (TPSA) is 82.9 Å². The average Bonchev–Trinajstić information content (AvgIpc) is 2.84. The van der Waals surface area contributed by atoms with E-state index in [1.165, 1.54) is 5.69 Å². The van der Waals surface area contributed by atoms with Crippen LogP contribution in [0.2, 0.25) is 0 Å². The smallest absolute Gasteiger partial charge is 0.338 e. The predicted molar refractivity (Wildman–Crippen MR) is 129 cm³/mol. The summed E-state index contributed by atoms with van der Waals surface area (Å²) in [5.41, 5.74) is 14.4. The number of benzene rings is 3. The molecule has 1 fully saturated rings. The number of aryl methyl sites for hydroxylation is 1. The minimum absolute atomic E-state index is 0.328. The molecular formula is C25H29N5O2. The van der Waals surface area contributed by atoms with Crippen LogP contribution in [-0.4, -0.2) is 32.3 Å². The van der Waals surface area contributed by atoms with E-state index in [0.29, 0.717) is 6.54 Å². The molecule has 1 aliphatic heterocycles. The Morgan fingerprint density at radius 3 is 2.47 bits per heavy atom. The first-order valence-electron chi connectivity index (χ1n) is 10.8. The standard InChI is InChI=1S/C25H29N5O2/c1-19-16-21(10-11-24(19)29-12-14-32-15-13-29)27-25(31)28-30(22-7-3-2-4-8-22)23-9-5-6-20(17-23)18-26/h2-11,16-17H,12-15,18,26H2,1H3,(H2,27,28,31). The Labute approximate surface area is 188 Å². The highest BCUT2D eigenvalue weighted by atomic mass is 16.5. The van der Waals surface area contributed by atoms with Gasteiger partial charge in [0.25, 0.3) is 0 Å². The van der Waals surface area contributed by atoms with E-state index in [-0.39, 0.29) is 6.03 Å². The van der Waals surface area contributed by atoms with Crippen LogP contribution in [0, 0.1) is 6.92 Å². The van der Waals surface area contributed by atoms with Crippen molar-refractivity contribution in [3.63, 3.8) is 0 Å². The Morgan fingerprint density at radius 2 is 1.75 bits per heavy atom. The van der Waals surface area contributed by atoms with Crippen molar-refractivity contribution in [3.05, 3.63) is 83.9 Å². The molecule has 0 aromatic heterocycles. The molecule has 2 amide bonds. The van der Waals surface area contributed by atoms with Crippen LogP contribution in [0.3, 0.4) is 0 Å². The van der Waals surface area contributed by atoms with Crippen molar-refractivity contribution in [1.82, 2.24) is 5.43 Å². The fourth-order valence-corrected chi connectivity index (χ4v) is 3.83. The van der Waals surface area contributed by atoms with Gasteiger partial charge in [-0.2, -0.15) is 0 Å². The van der Waals surface area contributed by atoms with Gasteiger partial charge in [0.2, 0.25) is 0 Å². The van der Waals surface area contributed by atoms with Crippen LogP contribution in [0.4, 0.5) is 27.5 Å². The Bertz CT molecular complexity index is 1050. The minimum Gasteiger partial charge on any atom is -0.378 e. The molecule has 4 rings (SSSR count). The van der Waals surface area contributed by atoms with E-state index in [1.807, 2.05) is 66.7 Å². The summed E-state index contributed by atoms with van der Waals surface area (Å²) in [6.07, 6.45) is 0. The average molecular weight is 432 g/mol. The lowest BCUT2D eigenvalue weighted by Crippen LogP contribution is -2.41. The minimum atomic E-state index is -0.328. The van der Waals surface area contributed by atoms with Gasteiger partial charge in [-0.3, -0.25) is 5.01 Å². The van der Waals surface area contributed by atoms with Crippen LogP contribution >= 0.6 is 0 Å². The van der Waals surface area contributed by atoms with E-state index >= 15 is 0 Å². The highest BCUT2D eigenvalue weighted by Gasteiger charge is 2.16. The van der Waals surface area contributed by atoms with Gasteiger partial charge in [0.05, 0.1) is 24.6 Å². The number of carbonyl (C=O) groups is 1. The van der Waals surface area contributed by atoms with E-state index in [1.54, 1.807) is 5.01 Å². The Morgan fingerprint density at radius 1 is 1.00 bits per heavy atom. The Hall–Kier alpha value is -3.55. The number of morpholine rings is 1. The maximum Gasteiger partial charge on any atom is 0.338 e. The predicted octanol–water partition coefficient (Wildman–Crippen LogP) is 4.17. The molecule has 0 bridgehead atoms. The lowest BCUT2D eigenvalue weighted by molar-refractivity contribution is 0.122. The van der Waals surface area contributed by atoms with Crippen molar-refractivity contribution in [1.29, 1.82) is 0 Å². The maximum atomic E-state index is 12.9. The molecule has 0 unspecified atom stereocenters. The molecule has 0 saturated carbocycles. The van der Waals surface area contributed by atoms with Gasteiger partial charge < -0.3 is 20.7 Å². The molecule has 0 spiro atoms. The van der Waals surface area contributed by atoms with Crippen molar-refractivity contribution in [2.45, 2.75) is 13.5 Å². The Kier molecular flexibility index (Phi) is 6.89. The summed E-state index contributed by atoms with van der Waals surface area (Å²) in [4.78, 5) is 15.2. The molecule has 0 atom stereocenters. The maximum absolute atomic E-state index is 12.9. The fraction of sp³-hybridized carbons (Fsp3) is 0.240. The Balaban J connectivity index is 1.50. The zero-order valence-corrected chi connectivity index (χ0v) is 18.3. The third-order valence-corrected chi connectivity index (χ3v) is 5.44. The highest BCUT2D eigenvalue weighted by molar-refractivity contribution is 5.91. The van der Waals surface area contributed by atoms with Gasteiger partial charge in [-0.1, -0.05) is 30.3 Å². The molecule has 1 heterocycles. The molecule has 3 aromatic carbocycles. The van der Waals surface area contributed by atoms with Gasteiger partial charge >= 0.3 is 6.03 Å². The molecule has 166 valence electrons. The van der Waals surface area contributed by atoms with E-state index in [9.17, 15) is 4.79 Å². The summed E-state index contributed by atoms with van der Waals surface area (Å²) in [7, 11) is 0. The zero-order chi connectivity index (χ0) is 22.3. The van der Waals surface area contributed by atoms with E-state index in [2.05, 4.69) is 28.6 Å². The number of nitrogens with one attached hydrogen (secondary N) is 2. The molecule has 32 heavy (non-hydrogen) atoms. The number of hydrogen-bond acceptors (Lipinski definition) is 5. The van der Waals surface area contributed by atoms with Crippen molar-refractivity contribution in [3.8, 4) is 0 Å². The lowest BCUT2D eigenvalue weighted by atomic mass is 10.1. The van der Waals surface area contributed by atoms with Crippen LogP contribution in [0.1, 0.15) is 11.1 Å². The molecule has 7 nitrogen and oxygen atoms in total. The molecule has 1 aliphatic rings. The number of rotatable bonds is 6. The number of carbonyl (C=O) groups excluding carboxylic acids is 1. The van der Waals surface area contributed by atoms with Crippen LogP contribution in [0.25, 0.3) is 0 Å². The van der Waals surface area contributed by atoms with Gasteiger partial charge in [-0.15, -0.1) is 0 Å². The molecule has 7 heteroatoms. The molecule has 0 radical (unpaired) electrons. The van der Waals surface area contributed by atoms with E-state index in [4.69, 9.17) is 10.5 Å². The van der Waals surface area contributed by atoms with Gasteiger partial charge in [0.1, 0.15) is 0 Å². The molecule has 4 N–H and O–H groups in total. The SMILES string of the molecule is Cc1cc(NC(=O)NN(c2ccccc2)c2cccc(CN)c2)ccc1N1CCOCC1. The summed E-state index contributed by atoms with van der Waals surface area (Å²) < 4.78 is 5.44. The molecular weight excluding hydrogens is 402 g/mol. The highest BCUT2D eigenvalue weighted by Crippen LogP contribution is 2.26. The number of hydrazine groups is 1. The number of ether oxygens (including phenoxy) is 1. The number of nitrogens with two attached hydrogens (primary N) is 1. The van der Waals surface area contributed by atoms with Crippen molar-refractivity contribution < 1.29 is 9.53 Å². The normalized spacial score (nSPS) is 13.5. The van der Waals surface area contributed by atoms with Gasteiger partial charge in [-0.05, 0) is 60.5 Å². The summed E-state index contributed by atoms with van der Waals surface area (Å²) >= 11 is 0. The van der Waals surface area contributed by atoms with Crippen molar-refractivity contribution in [2.75, 3.05) is 41.5 Å². The molecule has 1 saturated heterocycles. The molecule has 3 aromatic rings. The fourth-order valence-electron chi connectivity index (χ4n) is 3.83. The second kappa shape index (κ2) is 10.2. The second-order valence-corrected chi connectivity index (χ2v) is 7.71. The van der Waals surface area contributed by atoms with Crippen molar-refractivity contribution in [2.24, 2.45) is 5.73 Å². The summed E-state index contributed by atoms with van der Waals surface area (Å²) in [5, 5.41) is 4.71. The quantitative estimate of drug-likeness (QED) is 0.511. The lowest BCUT2D eigenvalue weighted by Gasteiger charge is -2.30. The third kappa shape index (κ3) is 5.19. The number of para-hydroxylation sites is 1. The third-order valence-electron chi connectivity index (χ3n) is 5.44. The van der Waals surface area contributed by atoms with Gasteiger partial charge in [0, 0.05) is 31.0 Å². The second-order valence-electron chi connectivity index (χ2n) is 7.71. The summed E-state index contributed by atoms with van der Waals surface area (Å²) in [6, 6.07) is 23.1. The number of amides is 2. The van der Waals surface area contributed by atoms with E-state index in [0.717, 1.165) is 54.5 Å². The molecule has 0 aliphatic carbocycles. The monoisotopic (exact) mass is 431 g/mol. The first kappa shape index (κ1) is 21.7. The van der Waals surface area contributed by atoms with Crippen LogP contribution in [-0.2, 0) is 11.3 Å². The number of nitrogens with zero attached hydrogens (tertiary/aromatic N) is 2. The van der Waals surface area contributed by atoms with Crippen molar-refractivity contribution >= 4 is 28.8 Å². The first-order valence-corrected chi connectivity index (χ1v) is 10.8. The van der Waals surface area contributed by atoms with E-state index < -0.39 is 0 Å². The summed E-state index contributed by atoms with van der Waals surface area (Å²) in [6.45, 7) is 5.72. The first-order chi connectivity index (χ1) is 15.6. The van der Waals surface area contributed by atoms with Gasteiger partial charge in [0.15, 0.2) is 0 Å².